The smallest absolute Gasteiger partial charge is 0.395 e. The zero-order valence-corrected chi connectivity index (χ0v) is 12.1. The van der Waals surface area contributed by atoms with E-state index in [-0.39, 0.29) is 30.3 Å². The number of fused-ring (bicyclic) bond motifs is 1. The van der Waals surface area contributed by atoms with Crippen molar-refractivity contribution >= 4 is 17.1 Å². The molecule has 11 nitrogen and oxygen atoms in total. The Morgan fingerprint density at radius 3 is 2.74 bits per heavy atom. The Bertz CT molecular complexity index is 773. The van der Waals surface area contributed by atoms with Crippen molar-refractivity contribution in [2.75, 3.05) is 18.9 Å². The summed E-state index contributed by atoms with van der Waals surface area (Å²) in [5.41, 5.74) is 5.60. The number of nitrogens with two attached hydrogens (primary N) is 1. The third-order valence-corrected chi connectivity index (χ3v) is 3.88. The summed E-state index contributed by atoms with van der Waals surface area (Å²) in [5, 5.41) is 38.4. The van der Waals surface area contributed by atoms with Gasteiger partial charge in [-0.3, -0.25) is 10.3 Å². The number of aliphatic hydroxyl groups excluding tert-OH is 4. The number of aromatic nitrogens is 4. The first kappa shape index (κ1) is 15.8. The van der Waals surface area contributed by atoms with Crippen molar-refractivity contribution in [3.05, 3.63) is 16.7 Å². The lowest BCUT2D eigenvalue weighted by Crippen LogP contribution is -2.48. The summed E-state index contributed by atoms with van der Waals surface area (Å²) in [6.45, 7) is -0.528. The summed E-state index contributed by atoms with van der Waals surface area (Å²) in [5.74, 6) is 0.00439. The van der Waals surface area contributed by atoms with Crippen molar-refractivity contribution in [2.24, 2.45) is 0 Å². The summed E-state index contributed by atoms with van der Waals surface area (Å²) < 4.78 is 8.34. The number of imidazole rings is 1. The summed E-state index contributed by atoms with van der Waals surface area (Å²) in [6.07, 6.45) is -3.08. The fourth-order valence-corrected chi connectivity index (χ4v) is 2.81. The van der Waals surface area contributed by atoms with Crippen LogP contribution in [0.15, 0.2) is 11.1 Å². The number of nitrogens with one attached hydrogen (secondary N) is 2. The first-order valence-corrected chi connectivity index (χ1v) is 7.06. The van der Waals surface area contributed by atoms with Gasteiger partial charge in [0.15, 0.2) is 6.33 Å². The van der Waals surface area contributed by atoms with E-state index in [1.807, 2.05) is 0 Å². The largest absolute Gasteiger partial charge is 0.442 e. The van der Waals surface area contributed by atoms with E-state index in [1.165, 1.54) is 15.5 Å². The van der Waals surface area contributed by atoms with E-state index >= 15 is 0 Å². The molecule has 23 heavy (non-hydrogen) atoms. The van der Waals surface area contributed by atoms with Gasteiger partial charge in [0.05, 0.1) is 13.2 Å². The van der Waals surface area contributed by atoms with E-state index in [4.69, 9.17) is 15.6 Å². The Labute approximate surface area is 129 Å². The van der Waals surface area contributed by atoms with Crippen LogP contribution in [0.3, 0.4) is 0 Å². The summed E-state index contributed by atoms with van der Waals surface area (Å²) in [4.78, 5) is 17.3. The number of hydrogen-bond acceptors (Lipinski definition) is 7. The number of aromatic amines is 2. The van der Waals surface area contributed by atoms with Crippen LogP contribution >= 0.6 is 0 Å². The number of H-pyrrole nitrogens is 2. The molecule has 2 aromatic rings. The zero-order chi connectivity index (χ0) is 16.7. The van der Waals surface area contributed by atoms with Crippen LogP contribution in [-0.4, -0.2) is 61.5 Å². The number of anilines is 1. The molecular weight excluding hydrogens is 310 g/mol. The van der Waals surface area contributed by atoms with Gasteiger partial charge in [0.25, 0.3) is 0 Å². The first-order chi connectivity index (χ1) is 11.0. The van der Waals surface area contributed by atoms with Crippen LogP contribution in [0.25, 0.3) is 11.2 Å². The van der Waals surface area contributed by atoms with Crippen molar-refractivity contribution < 1.29 is 34.7 Å². The van der Waals surface area contributed by atoms with Crippen LogP contribution in [-0.2, 0) is 11.3 Å². The first-order valence-electron chi connectivity index (χ1n) is 7.06. The average Bonchev–Trinajstić information content (AvgIpc) is 2.99. The van der Waals surface area contributed by atoms with Crippen molar-refractivity contribution in [3.8, 4) is 0 Å². The van der Waals surface area contributed by atoms with Gasteiger partial charge in [0.2, 0.25) is 11.7 Å². The Kier molecular flexibility index (Phi) is 4.04. The lowest BCUT2D eigenvalue weighted by molar-refractivity contribution is -0.767. The number of aliphatic hydroxyl groups is 4. The molecule has 11 heteroatoms. The van der Waals surface area contributed by atoms with Crippen LogP contribution in [0.1, 0.15) is 6.23 Å². The maximum Gasteiger partial charge on any atom is 0.442 e. The lowest BCUT2D eigenvalue weighted by Gasteiger charge is -2.11. The molecule has 4 atom stereocenters. The molecule has 8 N–H and O–H groups in total. The summed E-state index contributed by atoms with van der Waals surface area (Å²) >= 11 is 0. The minimum Gasteiger partial charge on any atom is -0.395 e. The fraction of sp³-hybridized carbons (Fsp3) is 0.583. The predicted octanol–water partition coefficient (Wildman–Crippen LogP) is -4.38. The second-order valence-corrected chi connectivity index (χ2v) is 5.36. The van der Waals surface area contributed by atoms with Crippen LogP contribution in [0, 0.1) is 0 Å². The third-order valence-electron chi connectivity index (χ3n) is 3.88. The molecule has 0 bridgehead atoms. The molecule has 1 aliphatic heterocycles. The molecule has 0 saturated carbocycles. The molecule has 0 radical (unpaired) electrons. The van der Waals surface area contributed by atoms with Crippen molar-refractivity contribution in [2.45, 2.75) is 31.1 Å². The van der Waals surface area contributed by atoms with Gasteiger partial charge >= 0.3 is 17.2 Å². The van der Waals surface area contributed by atoms with Crippen molar-refractivity contribution in [1.29, 1.82) is 0 Å². The Morgan fingerprint density at radius 2 is 2.13 bits per heavy atom. The monoisotopic (exact) mass is 329 g/mol. The Hall–Kier alpha value is -2.05. The van der Waals surface area contributed by atoms with E-state index in [1.54, 1.807) is 0 Å². The minimum absolute atomic E-state index is 0.00439. The number of nitrogens with zero attached hydrogens (tertiary/aromatic N) is 2. The SMILES string of the molecule is Nc1[nH]c(=O)c2c([nH+]1)[n+]([C@@H]1O[C@H](CO)[C@@H](O)[C@H]1O)cn2CCO. The molecule has 0 aliphatic carbocycles. The highest BCUT2D eigenvalue weighted by molar-refractivity contribution is 5.63. The van der Waals surface area contributed by atoms with Crippen molar-refractivity contribution in [1.82, 2.24) is 9.55 Å². The van der Waals surface area contributed by atoms with Gasteiger partial charge in [-0.05, 0) is 0 Å². The standard InChI is InChI=1S/C12H17N5O6/c13-12-14-9-6(10(22)15-12)16(1-2-18)4-17(9)11-8(21)7(20)5(3-19)23-11/h4-5,7-8,11,18-21H,1-3H2,(H2-,13,14,15,22)/p+2/t5-,7-,8-,11-/m1/s1. The Morgan fingerprint density at radius 1 is 1.39 bits per heavy atom. The summed E-state index contributed by atoms with van der Waals surface area (Å²) in [6, 6.07) is 0. The van der Waals surface area contributed by atoms with Gasteiger partial charge in [-0.25, -0.2) is 4.79 Å². The molecular formula is C12H19N5O6+2. The van der Waals surface area contributed by atoms with Gasteiger partial charge in [-0.2, -0.15) is 14.5 Å². The van der Waals surface area contributed by atoms with Crippen LogP contribution in [0.4, 0.5) is 5.95 Å². The third kappa shape index (κ3) is 2.48. The van der Waals surface area contributed by atoms with Crippen molar-refractivity contribution in [3.63, 3.8) is 0 Å². The maximum absolute atomic E-state index is 12.1. The highest BCUT2D eigenvalue weighted by Gasteiger charge is 2.47. The van der Waals surface area contributed by atoms with Gasteiger partial charge < -0.3 is 25.2 Å². The number of ether oxygens (including phenoxy) is 1. The van der Waals surface area contributed by atoms with E-state index in [2.05, 4.69) is 9.97 Å². The Balaban J connectivity index is 2.16. The minimum atomic E-state index is -1.31. The van der Waals surface area contributed by atoms with E-state index in [9.17, 15) is 20.1 Å². The highest BCUT2D eigenvalue weighted by atomic mass is 16.6. The number of nitrogen functional groups attached to an aromatic ring is 1. The van der Waals surface area contributed by atoms with Crippen LogP contribution in [0.2, 0.25) is 0 Å². The molecule has 2 aromatic heterocycles. The van der Waals surface area contributed by atoms with Gasteiger partial charge in [-0.1, -0.05) is 0 Å². The zero-order valence-electron chi connectivity index (χ0n) is 12.1. The average molecular weight is 329 g/mol. The van der Waals surface area contributed by atoms with E-state index in [0.717, 1.165) is 0 Å². The molecule has 0 unspecified atom stereocenters. The number of hydrogen-bond donors (Lipinski definition) is 6. The second-order valence-electron chi connectivity index (χ2n) is 5.36. The molecule has 0 amide bonds. The molecule has 126 valence electrons. The molecule has 3 rings (SSSR count). The summed E-state index contributed by atoms with van der Waals surface area (Å²) in [7, 11) is 0. The molecule has 1 saturated heterocycles. The normalized spacial score (nSPS) is 27.8. The van der Waals surface area contributed by atoms with Crippen LogP contribution < -0.4 is 20.8 Å². The molecule has 0 aromatic carbocycles. The number of rotatable bonds is 4. The second kappa shape index (κ2) is 5.86. The topological polar surface area (TPSA) is 172 Å². The van der Waals surface area contributed by atoms with E-state index < -0.39 is 36.7 Å². The van der Waals surface area contributed by atoms with Gasteiger partial charge in [0.1, 0.15) is 18.3 Å². The predicted molar refractivity (Wildman–Crippen MR) is 73.8 cm³/mol. The van der Waals surface area contributed by atoms with E-state index in [0.29, 0.717) is 0 Å². The molecule has 0 spiro atoms. The van der Waals surface area contributed by atoms with Gasteiger partial charge in [-0.15, -0.1) is 0 Å². The molecule has 3 heterocycles. The lowest BCUT2D eigenvalue weighted by atomic mass is 10.1. The maximum atomic E-state index is 12.1. The highest BCUT2D eigenvalue weighted by Crippen LogP contribution is 2.26. The fourth-order valence-electron chi connectivity index (χ4n) is 2.81. The molecule has 1 aliphatic rings. The van der Waals surface area contributed by atoms with Crippen LogP contribution in [0.5, 0.6) is 0 Å². The quantitative estimate of drug-likeness (QED) is 0.307. The van der Waals surface area contributed by atoms with Gasteiger partial charge in [0, 0.05) is 6.54 Å². The molecule has 1 fully saturated rings.